The van der Waals surface area contributed by atoms with Crippen LogP contribution in [0.1, 0.15) is 36.8 Å². The van der Waals surface area contributed by atoms with Gasteiger partial charge in [0.1, 0.15) is 0 Å². The number of rotatable bonds is 5. The number of nitrogens with zero attached hydrogens (tertiary/aromatic N) is 1. The van der Waals surface area contributed by atoms with Crippen LogP contribution < -0.4 is 11.1 Å². The largest absolute Gasteiger partial charge is 0.327 e. The van der Waals surface area contributed by atoms with E-state index in [1.165, 1.54) is 11.1 Å². The number of hydrogen-bond donors (Lipinski definition) is 2. The number of carbonyl (C=O) groups excluding carboxylic acids is 1. The Labute approximate surface area is 137 Å². The number of anilines is 1. The van der Waals surface area contributed by atoms with Crippen LogP contribution in [0.25, 0.3) is 0 Å². The second-order valence-corrected chi connectivity index (χ2v) is 6.34. The first kappa shape index (κ1) is 15.7. The highest BCUT2D eigenvalue weighted by atomic mass is 16.1. The van der Waals surface area contributed by atoms with Gasteiger partial charge in [-0.1, -0.05) is 18.6 Å². The molecule has 1 aliphatic rings. The lowest BCUT2D eigenvalue weighted by Crippen LogP contribution is -2.28. The monoisotopic (exact) mass is 309 g/mol. The molecule has 0 aliphatic heterocycles. The summed E-state index contributed by atoms with van der Waals surface area (Å²) in [7, 11) is 0. The van der Waals surface area contributed by atoms with Crippen LogP contribution in [-0.2, 0) is 11.2 Å². The lowest BCUT2D eigenvalue weighted by molar-refractivity contribution is -0.117. The van der Waals surface area contributed by atoms with E-state index in [2.05, 4.69) is 22.4 Å². The highest BCUT2D eigenvalue weighted by molar-refractivity contribution is 5.90. The van der Waals surface area contributed by atoms with Gasteiger partial charge < -0.3 is 11.1 Å². The number of pyridine rings is 1. The molecule has 1 heterocycles. The van der Waals surface area contributed by atoms with Gasteiger partial charge in [-0.15, -0.1) is 0 Å². The van der Waals surface area contributed by atoms with E-state index in [-0.39, 0.29) is 11.9 Å². The average molecular weight is 309 g/mol. The number of nitrogens with one attached hydrogen (secondary N) is 1. The fourth-order valence-electron chi connectivity index (χ4n) is 3.21. The number of nitrogens with two attached hydrogens (primary N) is 1. The molecule has 3 N–H and O–H groups in total. The van der Waals surface area contributed by atoms with E-state index >= 15 is 0 Å². The molecule has 120 valence electrons. The third kappa shape index (κ3) is 4.39. The molecule has 4 heteroatoms. The van der Waals surface area contributed by atoms with Crippen LogP contribution in [0, 0.1) is 5.92 Å². The molecule has 1 saturated carbocycles. The smallest absolute Gasteiger partial charge is 0.224 e. The number of carbonyl (C=O) groups is 1. The zero-order chi connectivity index (χ0) is 16.1. The number of amides is 1. The summed E-state index contributed by atoms with van der Waals surface area (Å²) in [6.07, 6.45) is 8.26. The van der Waals surface area contributed by atoms with Crippen LogP contribution in [-0.4, -0.2) is 16.9 Å². The van der Waals surface area contributed by atoms with Crippen molar-refractivity contribution in [3.05, 3.63) is 59.9 Å². The summed E-state index contributed by atoms with van der Waals surface area (Å²) >= 11 is 0. The van der Waals surface area contributed by atoms with Crippen molar-refractivity contribution in [1.29, 1.82) is 0 Å². The Balaban J connectivity index is 1.54. The predicted octanol–water partition coefficient (Wildman–Crippen LogP) is 3.13. The maximum Gasteiger partial charge on any atom is 0.224 e. The van der Waals surface area contributed by atoms with Crippen LogP contribution in [0.4, 0.5) is 5.69 Å². The third-order valence-electron chi connectivity index (χ3n) is 4.56. The van der Waals surface area contributed by atoms with Gasteiger partial charge in [-0.05, 0) is 60.6 Å². The minimum absolute atomic E-state index is 0.0641. The van der Waals surface area contributed by atoms with Crippen LogP contribution >= 0.6 is 0 Å². The van der Waals surface area contributed by atoms with Gasteiger partial charge in [-0.2, -0.15) is 0 Å². The highest BCUT2D eigenvalue weighted by Gasteiger charge is 2.25. The third-order valence-corrected chi connectivity index (χ3v) is 4.56. The van der Waals surface area contributed by atoms with E-state index in [1.807, 2.05) is 24.3 Å². The van der Waals surface area contributed by atoms with E-state index in [4.69, 9.17) is 5.73 Å². The number of hydrogen-bond acceptors (Lipinski definition) is 3. The number of benzene rings is 1. The maximum atomic E-state index is 12.1. The molecule has 2 atom stereocenters. The van der Waals surface area contributed by atoms with E-state index < -0.39 is 0 Å². The fourth-order valence-corrected chi connectivity index (χ4v) is 3.21. The molecular weight excluding hydrogens is 286 g/mol. The Morgan fingerprint density at radius 1 is 1.09 bits per heavy atom. The second-order valence-electron chi connectivity index (χ2n) is 6.34. The van der Waals surface area contributed by atoms with Gasteiger partial charge in [0.15, 0.2) is 0 Å². The summed E-state index contributed by atoms with van der Waals surface area (Å²) < 4.78 is 0. The van der Waals surface area contributed by atoms with Crippen molar-refractivity contribution in [2.75, 3.05) is 5.32 Å². The molecule has 0 radical (unpaired) electrons. The van der Waals surface area contributed by atoms with Gasteiger partial charge in [-0.3, -0.25) is 9.78 Å². The fraction of sp³-hybridized carbons (Fsp3) is 0.368. The minimum Gasteiger partial charge on any atom is -0.327 e. The first-order chi connectivity index (χ1) is 11.2. The van der Waals surface area contributed by atoms with Crippen LogP contribution in [0.5, 0.6) is 0 Å². The normalized spacial score (nSPS) is 20.4. The van der Waals surface area contributed by atoms with E-state index in [0.717, 1.165) is 31.4 Å². The van der Waals surface area contributed by atoms with Crippen LogP contribution in [0.3, 0.4) is 0 Å². The molecular formula is C19H23N3O. The molecule has 2 aromatic rings. The second kappa shape index (κ2) is 7.38. The first-order valence-corrected chi connectivity index (χ1v) is 8.24. The standard InChI is InChI=1S/C19H23N3O/c20-18-3-1-2-16(18)13-19(23)22-17-6-4-14(5-7-17)12-15-8-10-21-11-9-15/h4-11,16,18H,1-3,12-13,20H2,(H,22,23)/t16-,18+/m0/s1. The van der Waals surface area contributed by atoms with Crippen molar-refractivity contribution in [2.45, 2.75) is 38.1 Å². The van der Waals surface area contributed by atoms with Crippen molar-refractivity contribution in [1.82, 2.24) is 4.98 Å². The van der Waals surface area contributed by atoms with Crippen molar-refractivity contribution in [2.24, 2.45) is 11.7 Å². The van der Waals surface area contributed by atoms with Gasteiger partial charge in [0, 0.05) is 30.5 Å². The lowest BCUT2D eigenvalue weighted by Gasteiger charge is -2.14. The van der Waals surface area contributed by atoms with Crippen molar-refractivity contribution in [3.63, 3.8) is 0 Å². The molecule has 4 nitrogen and oxygen atoms in total. The summed E-state index contributed by atoms with van der Waals surface area (Å²) in [5.74, 6) is 0.398. The van der Waals surface area contributed by atoms with Gasteiger partial charge in [0.25, 0.3) is 0 Å². The molecule has 1 aliphatic carbocycles. The molecule has 0 unspecified atom stereocenters. The average Bonchev–Trinajstić information content (AvgIpc) is 2.95. The molecule has 23 heavy (non-hydrogen) atoms. The lowest BCUT2D eigenvalue weighted by atomic mass is 10.00. The molecule has 0 bridgehead atoms. The number of aromatic nitrogens is 1. The Morgan fingerprint density at radius 3 is 2.43 bits per heavy atom. The van der Waals surface area contributed by atoms with Gasteiger partial charge >= 0.3 is 0 Å². The molecule has 1 fully saturated rings. The van der Waals surface area contributed by atoms with Gasteiger partial charge in [0.2, 0.25) is 5.91 Å². The highest BCUT2D eigenvalue weighted by Crippen LogP contribution is 2.27. The summed E-state index contributed by atoms with van der Waals surface area (Å²) in [6.45, 7) is 0. The molecule has 0 saturated heterocycles. The summed E-state index contributed by atoms with van der Waals surface area (Å²) in [4.78, 5) is 16.1. The van der Waals surface area contributed by atoms with Crippen molar-refractivity contribution < 1.29 is 4.79 Å². The van der Waals surface area contributed by atoms with Crippen LogP contribution in [0.15, 0.2) is 48.8 Å². The van der Waals surface area contributed by atoms with Crippen molar-refractivity contribution >= 4 is 11.6 Å². The zero-order valence-corrected chi connectivity index (χ0v) is 13.2. The van der Waals surface area contributed by atoms with Gasteiger partial charge in [-0.25, -0.2) is 0 Å². The Hall–Kier alpha value is -2.20. The minimum atomic E-state index is 0.0641. The predicted molar refractivity (Wildman–Crippen MR) is 92.0 cm³/mol. The molecule has 1 aromatic heterocycles. The van der Waals surface area contributed by atoms with E-state index in [0.29, 0.717) is 12.3 Å². The SMILES string of the molecule is N[C@@H]1CCC[C@H]1CC(=O)Nc1ccc(Cc2ccncc2)cc1. The zero-order valence-electron chi connectivity index (χ0n) is 13.2. The van der Waals surface area contributed by atoms with E-state index in [1.54, 1.807) is 12.4 Å². The molecule has 1 amide bonds. The topological polar surface area (TPSA) is 68.0 Å². The Bertz CT molecular complexity index is 639. The Morgan fingerprint density at radius 2 is 1.78 bits per heavy atom. The molecule has 0 spiro atoms. The van der Waals surface area contributed by atoms with Gasteiger partial charge in [0.05, 0.1) is 0 Å². The summed E-state index contributed by atoms with van der Waals surface area (Å²) in [6, 6.07) is 12.2. The van der Waals surface area contributed by atoms with E-state index in [9.17, 15) is 4.79 Å². The molecule has 1 aromatic carbocycles. The summed E-state index contributed by atoms with van der Waals surface area (Å²) in [5, 5.41) is 2.98. The van der Waals surface area contributed by atoms with Crippen LogP contribution in [0.2, 0.25) is 0 Å². The first-order valence-electron chi connectivity index (χ1n) is 8.24. The summed E-state index contributed by atoms with van der Waals surface area (Å²) in [5.41, 5.74) is 9.32. The maximum absolute atomic E-state index is 12.1. The van der Waals surface area contributed by atoms with Crippen molar-refractivity contribution in [3.8, 4) is 0 Å². The molecule has 3 rings (SSSR count). The quantitative estimate of drug-likeness (QED) is 0.891. The Kier molecular flexibility index (Phi) is 5.03.